The number of hydrogen-bond donors (Lipinski definition) is 1. The van der Waals surface area contributed by atoms with Gasteiger partial charge in [-0.05, 0) is 18.6 Å². The Morgan fingerprint density at radius 1 is 1.53 bits per heavy atom. The second kappa shape index (κ2) is 3.78. The van der Waals surface area contributed by atoms with E-state index in [4.69, 9.17) is 5.73 Å². The highest BCUT2D eigenvalue weighted by atomic mass is 32.1. The molecular weight excluding hydrogens is 210 g/mol. The second-order valence-electron chi connectivity index (χ2n) is 3.07. The van der Waals surface area contributed by atoms with E-state index in [-0.39, 0.29) is 0 Å². The summed E-state index contributed by atoms with van der Waals surface area (Å²) in [7, 11) is 0. The number of hydrogen-bond acceptors (Lipinski definition) is 4. The summed E-state index contributed by atoms with van der Waals surface area (Å²) in [5.74, 6) is -0.508. The smallest absolute Gasteiger partial charge is 0.268 e. The largest absolute Gasteiger partial charge is 0.364 e. The average Bonchev–Trinajstić information content (AvgIpc) is 2.67. The zero-order valence-electron chi connectivity index (χ0n) is 8.10. The van der Waals surface area contributed by atoms with Gasteiger partial charge in [0.25, 0.3) is 5.91 Å². The number of aromatic nitrogens is 2. The summed E-state index contributed by atoms with van der Waals surface area (Å²) in [6.07, 6.45) is 1.70. The summed E-state index contributed by atoms with van der Waals surface area (Å²) in [5, 5.41) is 2.37. The number of thiazole rings is 1. The molecule has 0 fully saturated rings. The highest BCUT2D eigenvalue weighted by Gasteiger charge is 2.10. The van der Waals surface area contributed by atoms with Crippen LogP contribution in [0.5, 0.6) is 0 Å². The molecule has 2 aromatic rings. The lowest BCUT2D eigenvalue weighted by atomic mass is 10.2. The molecule has 15 heavy (non-hydrogen) atoms. The number of primary amides is 1. The molecule has 5 heteroatoms. The molecular formula is C10H9N3OS. The zero-order valence-corrected chi connectivity index (χ0v) is 8.91. The van der Waals surface area contributed by atoms with Crippen LogP contribution < -0.4 is 5.73 Å². The van der Waals surface area contributed by atoms with E-state index in [0.29, 0.717) is 5.69 Å². The molecule has 0 bridgehead atoms. The topological polar surface area (TPSA) is 68.9 Å². The summed E-state index contributed by atoms with van der Waals surface area (Å²) in [4.78, 5) is 19.2. The first-order chi connectivity index (χ1) is 7.18. The molecule has 1 amide bonds. The lowest BCUT2D eigenvalue weighted by Crippen LogP contribution is -2.11. The number of nitrogens with two attached hydrogens (primary N) is 1. The molecule has 0 unspecified atom stereocenters. The molecule has 0 atom stereocenters. The summed E-state index contributed by atoms with van der Waals surface area (Å²) >= 11 is 1.37. The first kappa shape index (κ1) is 9.79. The summed E-state index contributed by atoms with van der Waals surface area (Å²) in [6.45, 7) is 1.95. The fraction of sp³-hybridized carbons (Fsp3) is 0.100. The Balaban J connectivity index is 2.46. The van der Waals surface area contributed by atoms with Crippen LogP contribution in [0.1, 0.15) is 16.1 Å². The number of pyridine rings is 1. The van der Waals surface area contributed by atoms with Gasteiger partial charge < -0.3 is 5.73 Å². The Morgan fingerprint density at radius 3 is 2.93 bits per heavy atom. The Labute approximate surface area is 90.8 Å². The molecule has 0 aromatic carbocycles. The number of nitrogens with zero attached hydrogens (tertiary/aromatic N) is 2. The summed E-state index contributed by atoms with van der Waals surface area (Å²) in [5.41, 5.74) is 7.25. The van der Waals surface area contributed by atoms with E-state index in [0.717, 1.165) is 16.3 Å². The fourth-order valence-electron chi connectivity index (χ4n) is 1.21. The normalized spacial score (nSPS) is 10.2. The van der Waals surface area contributed by atoms with Gasteiger partial charge in [0.05, 0.1) is 0 Å². The van der Waals surface area contributed by atoms with Gasteiger partial charge in [-0.15, -0.1) is 11.3 Å². The van der Waals surface area contributed by atoms with Crippen molar-refractivity contribution in [3.05, 3.63) is 35.0 Å². The van der Waals surface area contributed by atoms with Crippen molar-refractivity contribution in [2.75, 3.05) is 0 Å². The van der Waals surface area contributed by atoms with Crippen molar-refractivity contribution in [2.45, 2.75) is 6.92 Å². The van der Waals surface area contributed by atoms with Crippen molar-refractivity contribution in [3.63, 3.8) is 0 Å². The number of aryl methyl sites for hydroxylation is 1. The van der Waals surface area contributed by atoms with Crippen LogP contribution in [0.2, 0.25) is 0 Å². The van der Waals surface area contributed by atoms with Gasteiger partial charge in [-0.2, -0.15) is 0 Å². The molecule has 2 aromatic heterocycles. The number of rotatable bonds is 2. The van der Waals surface area contributed by atoms with Crippen molar-refractivity contribution >= 4 is 17.2 Å². The van der Waals surface area contributed by atoms with Crippen molar-refractivity contribution in [2.24, 2.45) is 5.73 Å². The quantitative estimate of drug-likeness (QED) is 0.834. The third-order valence-corrected chi connectivity index (χ3v) is 2.82. The lowest BCUT2D eigenvalue weighted by Gasteiger charge is -1.98. The minimum Gasteiger partial charge on any atom is -0.364 e. The van der Waals surface area contributed by atoms with Gasteiger partial charge in [0.1, 0.15) is 16.4 Å². The molecule has 2 N–H and O–H groups in total. The van der Waals surface area contributed by atoms with Crippen molar-refractivity contribution < 1.29 is 4.79 Å². The van der Waals surface area contributed by atoms with E-state index >= 15 is 0 Å². The van der Waals surface area contributed by atoms with Crippen LogP contribution in [0.15, 0.2) is 23.7 Å². The van der Waals surface area contributed by atoms with Gasteiger partial charge in [0.15, 0.2) is 0 Å². The number of carbonyl (C=O) groups excluding carboxylic acids is 1. The lowest BCUT2D eigenvalue weighted by molar-refractivity contribution is 0.0996. The second-order valence-corrected chi connectivity index (χ2v) is 3.93. The highest BCUT2D eigenvalue weighted by molar-refractivity contribution is 7.13. The van der Waals surface area contributed by atoms with E-state index in [1.54, 1.807) is 11.6 Å². The van der Waals surface area contributed by atoms with E-state index in [1.807, 2.05) is 19.1 Å². The summed E-state index contributed by atoms with van der Waals surface area (Å²) in [6, 6.07) is 3.81. The predicted molar refractivity (Wildman–Crippen MR) is 58.6 cm³/mol. The van der Waals surface area contributed by atoms with Crippen LogP contribution in [0.4, 0.5) is 0 Å². The van der Waals surface area contributed by atoms with Crippen molar-refractivity contribution in [3.8, 4) is 10.7 Å². The van der Waals surface area contributed by atoms with Crippen molar-refractivity contribution in [1.82, 2.24) is 9.97 Å². The number of carbonyl (C=O) groups is 1. The standard InChI is InChI=1S/C10H9N3OS/c1-6-3-2-4-12-8(6)10-13-7(5-15-10)9(11)14/h2-5H,1H3,(H2,11,14). The average molecular weight is 219 g/mol. The molecule has 0 aliphatic rings. The van der Waals surface area contributed by atoms with Crippen LogP contribution in [0.3, 0.4) is 0 Å². The van der Waals surface area contributed by atoms with E-state index < -0.39 is 5.91 Å². The molecule has 0 aliphatic carbocycles. The molecule has 0 saturated heterocycles. The molecule has 0 saturated carbocycles. The van der Waals surface area contributed by atoms with Crippen LogP contribution in [0.25, 0.3) is 10.7 Å². The zero-order chi connectivity index (χ0) is 10.8. The molecule has 76 valence electrons. The van der Waals surface area contributed by atoms with Crippen molar-refractivity contribution in [1.29, 1.82) is 0 Å². The van der Waals surface area contributed by atoms with Gasteiger partial charge in [0.2, 0.25) is 0 Å². The van der Waals surface area contributed by atoms with Crippen LogP contribution in [-0.2, 0) is 0 Å². The minimum atomic E-state index is -0.508. The third-order valence-electron chi connectivity index (χ3n) is 1.97. The van der Waals surface area contributed by atoms with E-state index in [9.17, 15) is 4.79 Å². The first-order valence-corrected chi connectivity index (χ1v) is 5.24. The molecule has 2 heterocycles. The van der Waals surface area contributed by atoms with Gasteiger partial charge in [-0.3, -0.25) is 9.78 Å². The van der Waals surface area contributed by atoms with E-state index in [2.05, 4.69) is 9.97 Å². The maximum atomic E-state index is 10.9. The Morgan fingerprint density at radius 2 is 2.33 bits per heavy atom. The molecule has 0 aliphatic heterocycles. The molecule has 2 rings (SSSR count). The minimum absolute atomic E-state index is 0.292. The van der Waals surface area contributed by atoms with E-state index in [1.165, 1.54) is 11.3 Å². The van der Waals surface area contributed by atoms with Gasteiger partial charge >= 0.3 is 0 Å². The van der Waals surface area contributed by atoms with Crippen LogP contribution >= 0.6 is 11.3 Å². The third kappa shape index (κ3) is 1.87. The maximum absolute atomic E-state index is 10.9. The molecule has 0 radical (unpaired) electrons. The Hall–Kier alpha value is -1.75. The van der Waals surface area contributed by atoms with Gasteiger partial charge in [-0.25, -0.2) is 4.98 Å². The summed E-state index contributed by atoms with van der Waals surface area (Å²) < 4.78 is 0. The number of amides is 1. The Bertz CT molecular complexity index is 507. The molecule has 4 nitrogen and oxygen atoms in total. The molecule has 0 spiro atoms. The fourth-order valence-corrected chi connectivity index (χ4v) is 2.07. The first-order valence-electron chi connectivity index (χ1n) is 4.36. The van der Waals surface area contributed by atoms with Gasteiger partial charge in [0, 0.05) is 11.6 Å². The van der Waals surface area contributed by atoms with Crippen LogP contribution in [-0.4, -0.2) is 15.9 Å². The predicted octanol–water partition coefficient (Wildman–Crippen LogP) is 1.61. The maximum Gasteiger partial charge on any atom is 0.268 e. The highest BCUT2D eigenvalue weighted by Crippen LogP contribution is 2.24. The Kier molecular flexibility index (Phi) is 2.47. The van der Waals surface area contributed by atoms with Gasteiger partial charge in [-0.1, -0.05) is 6.07 Å². The van der Waals surface area contributed by atoms with Crippen LogP contribution in [0, 0.1) is 6.92 Å². The SMILES string of the molecule is Cc1cccnc1-c1nc(C(N)=O)cs1. The monoisotopic (exact) mass is 219 g/mol.